The van der Waals surface area contributed by atoms with E-state index in [0.29, 0.717) is 23.3 Å². The first kappa shape index (κ1) is 18.7. The Morgan fingerprint density at radius 1 is 0.923 bits per heavy atom. The summed E-state index contributed by atoms with van der Waals surface area (Å²) in [6, 6.07) is 7.63. The van der Waals surface area contributed by atoms with Crippen molar-refractivity contribution in [1.82, 2.24) is 4.90 Å². The number of methoxy groups -OCH3 is 1. The van der Waals surface area contributed by atoms with E-state index in [4.69, 9.17) is 4.74 Å². The third-order valence-electron chi connectivity index (χ3n) is 5.74. The molecule has 0 aromatic heterocycles. The van der Waals surface area contributed by atoms with E-state index in [1.165, 1.54) is 45.6 Å². The van der Waals surface area contributed by atoms with Crippen LogP contribution < -0.4 is 5.32 Å². The largest absolute Gasteiger partial charge is 0.465 e. The summed E-state index contributed by atoms with van der Waals surface area (Å²) in [5, 5.41) is 3.01. The van der Waals surface area contributed by atoms with Crippen molar-refractivity contribution in [3.63, 3.8) is 0 Å². The molecule has 0 radical (unpaired) electrons. The van der Waals surface area contributed by atoms with Crippen molar-refractivity contribution >= 4 is 17.7 Å². The lowest BCUT2D eigenvalue weighted by atomic mass is 9.89. The first-order valence-corrected chi connectivity index (χ1v) is 9.97. The number of amides is 2. The minimum absolute atomic E-state index is 0.0693. The van der Waals surface area contributed by atoms with Crippen LogP contribution in [0.1, 0.15) is 74.6 Å². The van der Waals surface area contributed by atoms with Crippen molar-refractivity contribution in [3.8, 4) is 0 Å². The van der Waals surface area contributed by atoms with Crippen LogP contribution in [-0.2, 0) is 4.74 Å². The minimum atomic E-state index is -0.428. The highest BCUT2D eigenvalue weighted by Crippen LogP contribution is 2.31. The van der Waals surface area contributed by atoms with E-state index in [9.17, 15) is 9.59 Å². The third kappa shape index (κ3) is 4.37. The molecule has 5 heteroatoms. The molecule has 2 fully saturated rings. The summed E-state index contributed by atoms with van der Waals surface area (Å²) in [5.41, 5.74) is 0.927. The lowest BCUT2D eigenvalue weighted by Crippen LogP contribution is -2.50. The van der Waals surface area contributed by atoms with Gasteiger partial charge >= 0.3 is 12.0 Å². The van der Waals surface area contributed by atoms with E-state index in [-0.39, 0.29) is 6.03 Å². The number of anilines is 1. The van der Waals surface area contributed by atoms with Gasteiger partial charge in [-0.15, -0.1) is 0 Å². The maximum absolute atomic E-state index is 13.2. The number of hydrogen-bond acceptors (Lipinski definition) is 3. The van der Waals surface area contributed by atoms with Crippen LogP contribution in [0.25, 0.3) is 0 Å². The number of rotatable bonds is 4. The molecule has 0 saturated heterocycles. The molecule has 1 N–H and O–H groups in total. The number of carbonyl (C=O) groups excluding carboxylic acids is 2. The average molecular weight is 358 g/mol. The Labute approximate surface area is 156 Å². The number of esters is 1. The van der Waals surface area contributed by atoms with Gasteiger partial charge in [0.25, 0.3) is 0 Å². The Balaban J connectivity index is 1.80. The van der Waals surface area contributed by atoms with Gasteiger partial charge in [0.2, 0.25) is 0 Å². The van der Waals surface area contributed by atoms with Crippen LogP contribution in [0.5, 0.6) is 0 Å². The fraction of sp³-hybridized carbons (Fsp3) is 0.619. The molecular weight excluding hydrogens is 328 g/mol. The monoisotopic (exact) mass is 358 g/mol. The molecule has 2 saturated carbocycles. The quantitative estimate of drug-likeness (QED) is 0.773. The van der Waals surface area contributed by atoms with E-state index >= 15 is 0 Å². The molecule has 5 nitrogen and oxygen atoms in total. The lowest BCUT2D eigenvalue weighted by Gasteiger charge is -2.41. The molecule has 26 heavy (non-hydrogen) atoms. The van der Waals surface area contributed by atoms with Gasteiger partial charge in [-0.2, -0.15) is 0 Å². The van der Waals surface area contributed by atoms with Gasteiger partial charge in [0.1, 0.15) is 0 Å². The third-order valence-corrected chi connectivity index (χ3v) is 5.74. The van der Waals surface area contributed by atoms with Gasteiger partial charge in [-0.1, -0.05) is 50.7 Å². The van der Waals surface area contributed by atoms with Crippen molar-refractivity contribution in [1.29, 1.82) is 0 Å². The number of carbonyl (C=O) groups is 2. The lowest BCUT2D eigenvalue weighted by molar-refractivity contribution is 0.0602. The molecular formula is C21H30N2O3. The average Bonchev–Trinajstić information content (AvgIpc) is 2.69. The first-order valence-electron chi connectivity index (χ1n) is 9.97. The molecule has 0 heterocycles. The fourth-order valence-corrected chi connectivity index (χ4v) is 4.41. The number of para-hydroxylation sites is 1. The van der Waals surface area contributed by atoms with Gasteiger partial charge in [-0.3, -0.25) is 0 Å². The predicted octanol–water partition coefficient (Wildman–Crippen LogP) is 4.97. The number of hydrogen-bond donors (Lipinski definition) is 1. The summed E-state index contributed by atoms with van der Waals surface area (Å²) in [6.07, 6.45) is 11.7. The second kappa shape index (κ2) is 9.06. The molecule has 3 rings (SSSR count). The van der Waals surface area contributed by atoms with E-state index < -0.39 is 5.97 Å². The van der Waals surface area contributed by atoms with Crippen LogP contribution in [0, 0.1) is 0 Å². The van der Waals surface area contributed by atoms with Crippen molar-refractivity contribution in [2.75, 3.05) is 12.4 Å². The maximum Gasteiger partial charge on any atom is 0.339 e. The zero-order valence-electron chi connectivity index (χ0n) is 15.7. The minimum Gasteiger partial charge on any atom is -0.465 e. The molecule has 2 aliphatic rings. The second-order valence-corrected chi connectivity index (χ2v) is 7.46. The van der Waals surface area contributed by atoms with Gasteiger partial charge < -0.3 is 15.0 Å². The van der Waals surface area contributed by atoms with Crippen LogP contribution in [-0.4, -0.2) is 36.1 Å². The topological polar surface area (TPSA) is 58.6 Å². The van der Waals surface area contributed by atoms with Crippen molar-refractivity contribution in [3.05, 3.63) is 29.8 Å². The first-order chi connectivity index (χ1) is 12.7. The Hall–Kier alpha value is -2.04. The van der Waals surface area contributed by atoms with Crippen LogP contribution in [0.2, 0.25) is 0 Å². The predicted molar refractivity (Wildman–Crippen MR) is 102 cm³/mol. The van der Waals surface area contributed by atoms with Crippen LogP contribution in [0.3, 0.4) is 0 Å². The molecule has 1 aromatic rings. The normalized spacial score (nSPS) is 19.0. The Bertz CT molecular complexity index is 601. The maximum atomic E-state index is 13.2. The summed E-state index contributed by atoms with van der Waals surface area (Å²) < 4.78 is 4.85. The molecule has 0 aliphatic heterocycles. The number of urea groups is 1. The Morgan fingerprint density at radius 2 is 1.46 bits per heavy atom. The van der Waals surface area contributed by atoms with Crippen LogP contribution in [0.4, 0.5) is 10.5 Å². The SMILES string of the molecule is COC(=O)c1ccccc1NC(=O)N(C1CCCCC1)C1CCCCC1. The summed E-state index contributed by atoms with van der Waals surface area (Å²) in [6.45, 7) is 0. The highest BCUT2D eigenvalue weighted by molar-refractivity contribution is 6.00. The summed E-state index contributed by atoms with van der Waals surface area (Å²) >= 11 is 0. The fourth-order valence-electron chi connectivity index (χ4n) is 4.41. The molecule has 1 aromatic carbocycles. The van der Waals surface area contributed by atoms with Crippen LogP contribution in [0.15, 0.2) is 24.3 Å². The zero-order valence-corrected chi connectivity index (χ0v) is 15.7. The molecule has 2 amide bonds. The smallest absolute Gasteiger partial charge is 0.339 e. The number of ether oxygens (including phenoxy) is 1. The number of benzene rings is 1. The van der Waals surface area contributed by atoms with Gasteiger partial charge in [0.05, 0.1) is 18.4 Å². The van der Waals surface area contributed by atoms with E-state index in [1.807, 2.05) is 6.07 Å². The van der Waals surface area contributed by atoms with Crippen molar-refractivity contribution in [2.45, 2.75) is 76.3 Å². The summed E-state index contributed by atoms with van der Waals surface area (Å²) in [7, 11) is 1.36. The van der Waals surface area contributed by atoms with Gasteiger partial charge in [-0.25, -0.2) is 9.59 Å². The van der Waals surface area contributed by atoms with Gasteiger partial charge in [-0.05, 0) is 37.8 Å². The highest BCUT2D eigenvalue weighted by Gasteiger charge is 2.32. The summed E-state index contributed by atoms with van der Waals surface area (Å²) in [5.74, 6) is -0.428. The van der Waals surface area contributed by atoms with Crippen molar-refractivity contribution < 1.29 is 14.3 Å². The molecule has 0 spiro atoms. The van der Waals surface area contributed by atoms with Crippen LogP contribution >= 0.6 is 0 Å². The summed E-state index contributed by atoms with van der Waals surface area (Å²) in [4.78, 5) is 27.3. The molecule has 2 aliphatic carbocycles. The standard InChI is InChI=1S/C21H30N2O3/c1-26-20(24)18-14-8-9-15-19(18)22-21(25)23(16-10-4-2-5-11-16)17-12-6-3-7-13-17/h8-9,14-17H,2-7,10-13H2,1H3,(H,22,25). The van der Waals surface area contributed by atoms with E-state index in [1.54, 1.807) is 18.2 Å². The molecule has 0 unspecified atom stereocenters. The van der Waals surface area contributed by atoms with Crippen molar-refractivity contribution in [2.24, 2.45) is 0 Å². The van der Waals surface area contributed by atoms with E-state index in [0.717, 1.165) is 25.7 Å². The Kier molecular flexibility index (Phi) is 6.53. The highest BCUT2D eigenvalue weighted by atomic mass is 16.5. The molecule has 0 bridgehead atoms. The molecule has 142 valence electrons. The Morgan fingerprint density at radius 3 is 2.00 bits per heavy atom. The van der Waals surface area contributed by atoms with Gasteiger partial charge in [0.15, 0.2) is 0 Å². The second-order valence-electron chi connectivity index (χ2n) is 7.46. The number of nitrogens with zero attached hydrogens (tertiary/aromatic N) is 1. The zero-order chi connectivity index (χ0) is 18.4. The van der Waals surface area contributed by atoms with E-state index in [2.05, 4.69) is 10.2 Å². The number of nitrogens with one attached hydrogen (secondary N) is 1. The van der Waals surface area contributed by atoms with Gasteiger partial charge in [0, 0.05) is 12.1 Å². The molecule has 0 atom stereocenters.